The molecule has 0 atom stereocenters. The second-order valence-corrected chi connectivity index (χ2v) is 5.04. The average molecular weight is 265 g/mol. The Morgan fingerprint density at radius 1 is 1.11 bits per heavy atom. The number of ketones is 1. The molecule has 3 heteroatoms. The van der Waals surface area contributed by atoms with Crippen molar-refractivity contribution in [3.63, 3.8) is 0 Å². The van der Waals surface area contributed by atoms with Gasteiger partial charge in [-0.25, -0.2) is 4.39 Å². The number of nitrogens with zero attached hydrogens (tertiary/aromatic N) is 1. The highest BCUT2D eigenvalue weighted by Crippen LogP contribution is 2.08. The van der Waals surface area contributed by atoms with Crippen molar-refractivity contribution in [2.75, 3.05) is 20.1 Å². The van der Waals surface area contributed by atoms with Crippen LogP contribution in [0, 0.1) is 5.82 Å². The Morgan fingerprint density at radius 2 is 1.74 bits per heavy atom. The predicted octanol–water partition coefficient (Wildman–Crippen LogP) is 3.91. The standard InChI is InChI=1S/C16H24FNO/c1-3-4-5-12-18(2)13-6-7-16(19)14-8-10-15(17)11-9-14/h8-11H,3-7,12-13H2,1-2H3. The van der Waals surface area contributed by atoms with E-state index in [4.69, 9.17) is 0 Å². The highest BCUT2D eigenvalue weighted by atomic mass is 19.1. The Morgan fingerprint density at radius 3 is 2.37 bits per heavy atom. The number of hydrogen-bond acceptors (Lipinski definition) is 2. The van der Waals surface area contributed by atoms with Crippen LogP contribution < -0.4 is 0 Å². The van der Waals surface area contributed by atoms with Crippen LogP contribution in [0.3, 0.4) is 0 Å². The van der Waals surface area contributed by atoms with E-state index < -0.39 is 0 Å². The maximum Gasteiger partial charge on any atom is 0.162 e. The van der Waals surface area contributed by atoms with Gasteiger partial charge < -0.3 is 4.90 Å². The fourth-order valence-electron chi connectivity index (χ4n) is 2.03. The molecule has 0 aliphatic heterocycles. The molecule has 0 unspecified atom stereocenters. The topological polar surface area (TPSA) is 20.3 Å². The summed E-state index contributed by atoms with van der Waals surface area (Å²) in [6, 6.07) is 5.79. The van der Waals surface area contributed by atoms with E-state index in [0.717, 1.165) is 19.5 Å². The monoisotopic (exact) mass is 265 g/mol. The molecular formula is C16H24FNO. The van der Waals surface area contributed by atoms with Crippen molar-refractivity contribution in [3.05, 3.63) is 35.6 Å². The van der Waals surface area contributed by atoms with Crippen LogP contribution in [0.1, 0.15) is 49.4 Å². The van der Waals surface area contributed by atoms with Gasteiger partial charge in [0, 0.05) is 12.0 Å². The van der Waals surface area contributed by atoms with E-state index in [1.807, 2.05) is 0 Å². The Labute approximate surface area is 115 Å². The summed E-state index contributed by atoms with van der Waals surface area (Å²) in [7, 11) is 2.10. The van der Waals surface area contributed by atoms with E-state index in [0.29, 0.717) is 12.0 Å². The summed E-state index contributed by atoms with van der Waals surface area (Å²) in [5, 5.41) is 0. The van der Waals surface area contributed by atoms with Gasteiger partial charge in [0.15, 0.2) is 5.78 Å². The first-order valence-corrected chi connectivity index (χ1v) is 7.10. The van der Waals surface area contributed by atoms with Crippen molar-refractivity contribution < 1.29 is 9.18 Å². The Kier molecular flexibility index (Phi) is 7.34. The molecule has 1 aromatic carbocycles. The lowest BCUT2D eigenvalue weighted by atomic mass is 10.1. The molecule has 0 fully saturated rings. The van der Waals surface area contributed by atoms with E-state index in [1.165, 1.54) is 31.4 Å². The number of carbonyl (C=O) groups is 1. The molecule has 0 N–H and O–H groups in total. The van der Waals surface area contributed by atoms with E-state index in [1.54, 1.807) is 12.1 Å². The third kappa shape index (κ3) is 6.48. The fourth-order valence-corrected chi connectivity index (χ4v) is 2.03. The van der Waals surface area contributed by atoms with Gasteiger partial charge in [-0.1, -0.05) is 19.8 Å². The summed E-state index contributed by atoms with van der Waals surface area (Å²) in [4.78, 5) is 14.1. The second-order valence-electron chi connectivity index (χ2n) is 5.04. The lowest BCUT2D eigenvalue weighted by Crippen LogP contribution is -2.21. The number of hydrogen-bond donors (Lipinski definition) is 0. The normalized spacial score (nSPS) is 10.9. The molecule has 0 amide bonds. The number of benzene rings is 1. The van der Waals surface area contributed by atoms with Crippen molar-refractivity contribution in [2.45, 2.75) is 39.0 Å². The summed E-state index contributed by atoms with van der Waals surface area (Å²) in [6.07, 6.45) is 5.11. The minimum atomic E-state index is -0.299. The van der Waals surface area contributed by atoms with E-state index in [9.17, 15) is 9.18 Å². The predicted molar refractivity (Wildman–Crippen MR) is 77.0 cm³/mol. The molecule has 0 saturated heterocycles. The minimum absolute atomic E-state index is 0.0990. The van der Waals surface area contributed by atoms with Crippen molar-refractivity contribution in [2.24, 2.45) is 0 Å². The lowest BCUT2D eigenvalue weighted by Gasteiger charge is -2.15. The number of halogens is 1. The van der Waals surface area contributed by atoms with Crippen molar-refractivity contribution in [3.8, 4) is 0 Å². The maximum absolute atomic E-state index is 12.7. The molecule has 0 heterocycles. The summed E-state index contributed by atoms with van der Waals surface area (Å²) in [5.74, 6) is -0.200. The van der Waals surface area contributed by atoms with Crippen molar-refractivity contribution >= 4 is 5.78 Å². The van der Waals surface area contributed by atoms with Crippen LogP contribution in [0.4, 0.5) is 4.39 Å². The summed E-state index contributed by atoms with van der Waals surface area (Å²) < 4.78 is 12.7. The molecule has 0 aromatic heterocycles. The molecule has 1 rings (SSSR count). The Balaban J connectivity index is 2.21. The molecule has 0 aliphatic carbocycles. The van der Waals surface area contributed by atoms with Gasteiger partial charge in [0.05, 0.1) is 0 Å². The van der Waals surface area contributed by atoms with E-state index >= 15 is 0 Å². The molecule has 19 heavy (non-hydrogen) atoms. The molecule has 0 aliphatic rings. The number of rotatable bonds is 9. The zero-order valence-electron chi connectivity index (χ0n) is 12.0. The first-order chi connectivity index (χ1) is 9.13. The first kappa shape index (κ1) is 15.8. The zero-order valence-corrected chi connectivity index (χ0v) is 12.0. The average Bonchev–Trinajstić information content (AvgIpc) is 2.39. The number of Topliss-reactive ketones (excluding diaryl/α,β-unsaturated/α-hetero) is 1. The Bertz CT molecular complexity index is 375. The van der Waals surface area contributed by atoms with Gasteiger partial charge in [-0.2, -0.15) is 0 Å². The highest BCUT2D eigenvalue weighted by Gasteiger charge is 2.06. The molecule has 1 aromatic rings. The van der Waals surface area contributed by atoms with Gasteiger partial charge in [-0.15, -0.1) is 0 Å². The van der Waals surface area contributed by atoms with Crippen LogP contribution in [-0.4, -0.2) is 30.8 Å². The quantitative estimate of drug-likeness (QED) is 0.498. The van der Waals surface area contributed by atoms with Gasteiger partial charge in [0.25, 0.3) is 0 Å². The molecule has 0 spiro atoms. The Hall–Kier alpha value is -1.22. The van der Waals surface area contributed by atoms with Gasteiger partial charge >= 0.3 is 0 Å². The summed E-state index contributed by atoms with van der Waals surface area (Å²) in [5.41, 5.74) is 0.607. The lowest BCUT2D eigenvalue weighted by molar-refractivity contribution is 0.0976. The summed E-state index contributed by atoms with van der Waals surface area (Å²) >= 11 is 0. The smallest absolute Gasteiger partial charge is 0.162 e. The van der Waals surface area contributed by atoms with Gasteiger partial charge in [-0.05, 0) is 57.2 Å². The van der Waals surface area contributed by atoms with Gasteiger partial charge in [0.1, 0.15) is 5.82 Å². The molecular weight excluding hydrogens is 241 g/mol. The van der Waals surface area contributed by atoms with Crippen LogP contribution in [0.5, 0.6) is 0 Å². The molecule has 0 saturated carbocycles. The second kappa shape index (κ2) is 8.81. The third-order valence-corrected chi connectivity index (χ3v) is 3.25. The zero-order chi connectivity index (χ0) is 14.1. The molecule has 106 valence electrons. The first-order valence-electron chi connectivity index (χ1n) is 7.10. The maximum atomic E-state index is 12.7. The summed E-state index contributed by atoms with van der Waals surface area (Å²) in [6.45, 7) is 4.23. The van der Waals surface area contributed by atoms with E-state index in [2.05, 4.69) is 18.9 Å². The number of unbranched alkanes of at least 4 members (excludes halogenated alkanes) is 2. The van der Waals surface area contributed by atoms with Gasteiger partial charge in [0.2, 0.25) is 0 Å². The highest BCUT2D eigenvalue weighted by molar-refractivity contribution is 5.95. The largest absolute Gasteiger partial charge is 0.306 e. The van der Waals surface area contributed by atoms with Crippen LogP contribution >= 0.6 is 0 Å². The molecule has 0 radical (unpaired) electrons. The molecule has 2 nitrogen and oxygen atoms in total. The van der Waals surface area contributed by atoms with Crippen molar-refractivity contribution in [1.82, 2.24) is 4.90 Å². The third-order valence-electron chi connectivity index (χ3n) is 3.25. The van der Waals surface area contributed by atoms with E-state index in [-0.39, 0.29) is 11.6 Å². The van der Waals surface area contributed by atoms with Crippen molar-refractivity contribution in [1.29, 1.82) is 0 Å². The van der Waals surface area contributed by atoms with Crippen LogP contribution in [-0.2, 0) is 0 Å². The van der Waals surface area contributed by atoms with Crippen LogP contribution in [0.25, 0.3) is 0 Å². The minimum Gasteiger partial charge on any atom is -0.306 e. The van der Waals surface area contributed by atoms with Crippen LogP contribution in [0.15, 0.2) is 24.3 Å². The molecule has 0 bridgehead atoms. The van der Waals surface area contributed by atoms with Crippen LogP contribution in [0.2, 0.25) is 0 Å². The number of carbonyl (C=O) groups excluding carboxylic acids is 1. The SMILES string of the molecule is CCCCCN(C)CCCC(=O)c1ccc(F)cc1. The van der Waals surface area contributed by atoms with Gasteiger partial charge in [-0.3, -0.25) is 4.79 Å². The fraction of sp³-hybridized carbons (Fsp3) is 0.562.